The van der Waals surface area contributed by atoms with Crippen LogP contribution in [0.3, 0.4) is 0 Å². The lowest BCUT2D eigenvalue weighted by molar-refractivity contribution is -0.120. The van der Waals surface area contributed by atoms with Crippen LogP contribution in [0.15, 0.2) is 53.4 Å². The molecule has 0 radical (unpaired) electrons. The molecule has 30 heavy (non-hydrogen) atoms. The van der Waals surface area contributed by atoms with E-state index in [9.17, 15) is 17.6 Å². The Kier molecular flexibility index (Phi) is 8.33. The van der Waals surface area contributed by atoms with Crippen LogP contribution in [0.1, 0.15) is 20.8 Å². The van der Waals surface area contributed by atoms with E-state index in [0.717, 1.165) is 0 Å². The standard InChI is InChI=1S/C21H28FN3O4S/c1-15(2)24-30(27,28)20-11-7-18(8-12-20)23-21(26)16(3)25(4)13-14-29-19-9-5-17(22)6-10-19/h5-12,15-16,24H,13-14H2,1-4H3,(H,23,26)/t16-/m0/s1. The van der Waals surface area contributed by atoms with Gasteiger partial charge in [0, 0.05) is 18.3 Å². The molecule has 1 amide bonds. The van der Waals surface area contributed by atoms with Gasteiger partial charge in [0.2, 0.25) is 15.9 Å². The summed E-state index contributed by atoms with van der Waals surface area (Å²) in [6.07, 6.45) is 0. The highest BCUT2D eigenvalue weighted by atomic mass is 32.2. The third-order valence-corrected chi connectivity index (χ3v) is 6.06. The number of carbonyl (C=O) groups excluding carboxylic acids is 1. The van der Waals surface area contributed by atoms with Crippen LogP contribution in [0, 0.1) is 5.82 Å². The van der Waals surface area contributed by atoms with E-state index in [1.165, 1.54) is 24.3 Å². The SMILES string of the molecule is CC(C)NS(=O)(=O)c1ccc(NC(=O)[C@H](C)N(C)CCOc2ccc(F)cc2)cc1. The van der Waals surface area contributed by atoms with Crippen molar-refractivity contribution in [3.8, 4) is 5.75 Å². The molecule has 0 heterocycles. The fourth-order valence-corrected chi connectivity index (χ4v) is 3.83. The van der Waals surface area contributed by atoms with Gasteiger partial charge in [-0.05, 0) is 76.3 Å². The van der Waals surface area contributed by atoms with Crippen LogP contribution in [-0.4, -0.2) is 51.5 Å². The first-order valence-electron chi connectivity index (χ1n) is 9.60. The number of anilines is 1. The lowest BCUT2D eigenvalue weighted by Crippen LogP contribution is -2.41. The van der Waals surface area contributed by atoms with Gasteiger partial charge in [-0.1, -0.05) is 0 Å². The van der Waals surface area contributed by atoms with Crippen molar-refractivity contribution in [2.45, 2.75) is 37.8 Å². The predicted molar refractivity (Wildman–Crippen MR) is 115 cm³/mol. The first kappa shape index (κ1) is 23.8. The van der Waals surface area contributed by atoms with E-state index < -0.39 is 16.1 Å². The summed E-state index contributed by atoms with van der Waals surface area (Å²) in [5, 5.41) is 2.78. The van der Waals surface area contributed by atoms with Crippen LogP contribution in [0.25, 0.3) is 0 Å². The van der Waals surface area contributed by atoms with E-state index in [1.807, 2.05) is 4.90 Å². The van der Waals surface area contributed by atoms with E-state index in [0.29, 0.717) is 24.6 Å². The number of nitrogens with one attached hydrogen (secondary N) is 2. The van der Waals surface area contributed by atoms with E-state index in [2.05, 4.69) is 10.0 Å². The van der Waals surface area contributed by atoms with Gasteiger partial charge in [-0.25, -0.2) is 17.5 Å². The monoisotopic (exact) mass is 437 g/mol. The summed E-state index contributed by atoms with van der Waals surface area (Å²) in [7, 11) is -1.78. The minimum absolute atomic E-state index is 0.136. The lowest BCUT2D eigenvalue weighted by atomic mass is 10.2. The molecule has 0 fully saturated rings. The summed E-state index contributed by atoms with van der Waals surface area (Å²) in [5.74, 6) is 0.00526. The molecule has 0 aromatic heterocycles. The fraction of sp³-hybridized carbons (Fsp3) is 0.381. The van der Waals surface area contributed by atoms with Crippen molar-refractivity contribution in [1.29, 1.82) is 0 Å². The summed E-state index contributed by atoms with van der Waals surface area (Å²) >= 11 is 0. The van der Waals surface area contributed by atoms with Crippen molar-refractivity contribution in [3.05, 3.63) is 54.3 Å². The Bertz CT molecular complexity index is 932. The predicted octanol–water partition coefficient (Wildman–Crippen LogP) is 2.85. The van der Waals surface area contributed by atoms with E-state index in [-0.39, 0.29) is 22.7 Å². The number of amides is 1. The summed E-state index contributed by atoms with van der Waals surface area (Å²) in [6, 6.07) is 11.1. The number of sulfonamides is 1. The number of halogens is 1. The molecule has 0 aliphatic heterocycles. The number of hydrogen-bond donors (Lipinski definition) is 2. The van der Waals surface area contributed by atoms with Gasteiger partial charge in [-0.3, -0.25) is 9.69 Å². The minimum atomic E-state index is -3.58. The second-order valence-corrected chi connectivity index (χ2v) is 8.96. The van der Waals surface area contributed by atoms with Crippen molar-refractivity contribution in [2.75, 3.05) is 25.5 Å². The number of ether oxygens (including phenoxy) is 1. The van der Waals surface area contributed by atoms with Crippen LogP contribution in [0.4, 0.5) is 10.1 Å². The number of nitrogens with zero attached hydrogens (tertiary/aromatic N) is 1. The molecule has 0 saturated carbocycles. The molecular formula is C21H28FN3O4S. The minimum Gasteiger partial charge on any atom is -0.492 e. The van der Waals surface area contributed by atoms with Crippen LogP contribution in [0.2, 0.25) is 0 Å². The van der Waals surface area contributed by atoms with Gasteiger partial charge in [0.15, 0.2) is 0 Å². The van der Waals surface area contributed by atoms with Crippen molar-refractivity contribution < 1.29 is 22.3 Å². The topological polar surface area (TPSA) is 87.7 Å². The largest absolute Gasteiger partial charge is 0.492 e. The summed E-state index contributed by atoms with van der Waals surface area (Å²) in [6.45, 7) is 6.08. The van der Waals surface area contributed by atoms with Gasteiger partial charge >= 0.3 is 0 Å². The van der Waals surface area contributed by atoms with E-state index >= 15 is 0 Å². The number of likely N-dealkylation sites (N-methyl/N-ethyl adjacent to an activating group) is 1. The Morgan fingerprint density at radius 3 is 2.23 bits per heavy atom. The Hall–Kier alpha value is -2.49. The Labute approximate surface area is 177 Å². The number of rotatable bonds is 10. The van der Waals surface area contributed by atoms with Gasteiger partial charge in [0.1, 0.15) is 18.2 Å². The van der Waals surface area contributed by atoms with Gasteiger partial charge < -0.3 is 10.1 Å². The second kappa shape index (κ2) is 10.5. The summed E-state index contributed by atoms with van der Waals surface area (Å²) in [4.78, 5) is 14.4. The second-order valence-electron chi connectivity index (χ2n) is 7.25. The normalized spacial score (nSPS) is 12.8. The first-order valence-corrected chi connectivity index (χ1v) is 11.1. The quantitative estimate of drug-likeness (QED) is 0.597. The van der Waals surface area contributed by atoms with Gasteiger partial charge in [-0.2, -0.15) is 0 Å². The molecule has 0 saturated heterocycles. The van der Waals surface area contributed by atoms with Crippen molar-refractivity contribution in [2.24, 2.45) is 0 Å². The molecule has 0 aliphatic rings. The molecular weight excluding hydrogens is 409 g/mol. The third-order valence-electron chi connectivity index (χ3n) is 4.39. The van der Waals surface area contributed by atoms with E-state index in [4.69, 9.17) is 4.74 Å². The van der Waals surface area contributed by atoms with E-state index in [1.54, 1.807) is 52.1 Å². The molecule has 0 bridgehead atoms. The lowest BCUT2D eigenvalue weighted by Gasteiger charge is -2.24. The van der Waals surface area contributed by atoms with Crippen LogP contribution in [0.5, 0.6) is 5.75 Å². The zero-order valence-electron chi connectivity index (χ0n) is 17.6. The molecule has 2 N–H and O–H groups in total. The number of benzene rings is 2. The molecule has 2 aromatic rings. The first-order chi connectivity index (χ1) is 14.1. The average molecular weight is 438 g/mol. The average Bonchev–Trinajstić information content (AvgIpc) is 2.68. The van der Waals surface area contributed by atoms with Crippen LogP contribution < -0.4 is 14.8 Å². The molecule has 164 valence electrons. The molecule has 0 unspecified atom stereocenters. The van der Waals surface area contributed by atoms with Crippen molar-refractivity contribution in [3.63, 3.8) is 0 Å². The van der Waals surface area contributed by atoms with Gasteiger partial charge in [0.05, 0.1) is 10.9 Å². The van der Waals surface area contributed by atoms with Crippen molar-refractivity contribution >= 4 is 21.6 Å². The number of hydrogen-bond acceptors (Lipinski definition) is 5. The zero-order chi connectivity index (χ0) is 22.3. The maximum absolute atomic E-state index is 12.9. The summed E-state index contributed by atoms with van der Waals surface area (Å²) < 4.78 is 45.3. The smallest absolute Gasteiger partial charge is 0.241 e. The Morgan fingerprint density at radius 1 is 1.07 bits per heavy atom. The zero-order valence-corrected chi connectivity index (χ0v) is 18.4. The molecule has 0 aliphatic carbocycles. The molecule has 2 aromatic carbocycles. The highest BCUT2D eigenvalue weighted by molar-refractivity contribution is 7.89. The van der Waals surface area contributed by atoms with Crippen LogP contribution >= 0.6 is 0 Å². The molecule has 2 rings (SSSR count). The highest BCUT2D eigenvalue weighted by Gasteiger charge is 2.19. The third kappa shape index (κ3) is 7.08. The summed E-state index contributed by atoms with van der Waals surface area (Å²) in [5.41, 5.74) is 0.506. The molecule has 9 heteroatoms. The van der Waals surface area contributed by atoms with Crippen LogP contribution in [-0.2, 0) is 14.8 Å². The molecule has 0 spiro atoms. The Morgan fingerprint density at radius 2 is 1.67 bits per heavy atom. The fourth-order valence-electron chi connectivity index (χ4n) is 2.57. The van der Waals surface area contributed by atoms with Crippen molar-refractivity contribution in [1.82, 2.24) is 9.62 Å². The van der Waals surface area contributed by atoms with Gasteiger partial charge in [-0.15, -0.1) is 0 Å². The van der Waals surface area contributed by atoms with Gasteiger partial charge in [0.25, 0.3) is 0 Å². The highest BCUT2D eigenvalue weighted by Crippen LogP contribution is 2.15. The Balaban J connectivity index is 1.86. The maximum Gasteiger partial charge on any atom is 0.241 e. The molecule has 7 nitrogen and oxygen atoms in total. The number of carbonyl (C=O) groups is 1. The molecule has 1 atom stereocenters. The maximum atomic E-state index is 12.9.